The number of aromatic nitrogens is 1. The normalized spacial score (nSPS) is 10.9. The quantitative estimate of drug-likeness (QED) is 0.617. The van der Waals surface area contributed by atoms with E-state index >= 15 is 0 Å². The van der Waals surface area contributed by atoms with E-state index in [1.807, 2.05) is 19.1 Å². The number of halogens is 3. The molecule has 0 aliphatic heterocycles. The van der Waals surface area contributed by atoms with Crippen molar-refractivity contribution in [3.05, 3.63) is 56.5 Å². The summed E-state index contributed by atoms with van der Waals surface area (Å²) < 4.78 is 0.842. The Hall–Kier alpha value is -1.33. The number of carbonyl (C=O) groups excluding carboxylic acids is 1. The molecule has 112 valence electrons. The molecule has 1 heterocycles. The molecule has 1 aromatic heterocycles. The molecule has 0 aliphatic carbocycles. The predicted octanol–water partition coefficient (Wildman–Crippen LogP) is 5.82. The number of thiazole rings is 1. The molecule has 1 N–H and O–H groups in total. The van der Waals surface area contributed by atoms with E-state index in [-0.39, 0.29) is 5.91 Å². The lowest BCUT2D eigenvalue weighted by molar-refractivity contribution is 0.102. The Kier molecular flexibility index (Phi) is 4.28. The summed E-state index contributed by atoms with van der Waals surface area (Å²) in [7, 11) is 0. The van der Waals surface area contributed by atoms with Crippen LogP contribution in [0.2, 0.25) is 15.1 Å². The predicted molar refractivity (Wildman–Crippen MR) is 93.8 cm³/mol. The van der Waals surface area contributed by atoms with Crippen LogP contribution < -0.4 is 5.32 Å². The largest absolute Gasteiger partial charge is 0.298 e. The highest BCUT2D eigenvalue weighted by atomic mass is 35.5. The standard InChI is InChI=1S/C15H9Cl3N2OS/c1-7-2-4-11(18)13-12(7)19-15(22-13)20-14(21)9-6-8(16)3-5-10(9)17/h2-6H,1H3,(H,19,20,21). The number of hydrogen-bond donors (Lipinski definition) is 1. The Morgan fingerprint density at radius 3 is 2.59 bits per heavy atom. The van der Waals surface area contributed by atoms with Crippen molar-refractivity contribution >= 4 is 67.4 Å². The number of rotatable bonds is 2. The number of nitrogens with one attached hydrogen (secondary N) is 1. The first-order valence-corrected chi connectivity index (χ1v) is 8.23. The SMILES string of the molecule is Cc1ccc(Cl)c2sc(NC(=O)c3cc(Cl)ccc3Cl)nc12. The number of anilines is 1. The van der Waals surface area contributed by atoms with Gasteiger partial charge in [0, 0.05) is 5.02 Å². The van der Waals surface area contributed by atoms with Gasteiger partial charge in [-0.05, 0) is 36.8 Å². The van der Waals surface area contributed by atoms with Crippen LogP contribution in [0.3, 0.4) is 0 Å². The zero-order valence-corrected chi connectivity index (χ0v) is 14.4. The third kappa shape index (κ3) is 2.92. The first-order chi connectivity index (χ1) is 10.5. The van der Waals surface area contributed by atoms with Crippen molar-refractivity contribution in [2.24, 2.45) is 0 Å². The molecule has 0 spiro atoms. The molecule has 0 saturated heterocycles. The zero-order valence-electron chi connectivity index (χ0n) is 11.3. The number of aryl methyl sites for hydroxylation is 1. The zero-order chi connectivity index (χ0) is 15.9. The van der Waals surface area contributed by atoms with Gasteiger partial charge in [0.05, 0.1) is 25.8 Å². The van der Waals surface area contributed by atoms with Crippen LogP contribution in [0.25, 0.3) is 10.2 Å². The Balaban J connectivity index is 1.96. The van der Waals surface area contributed by atoms with Crippen LogP contribution >= 0.6 is 46.1 Å². The van der Waals surface area contributed by atoms with Gasteiger partial charge in [-0.25, -0.2) is 4.98 Å². The second kappa shape index (κ2) is 6.05. The van der Waals surface area contributed by atoms with Crippen molar-refractivity contribution < 1.29 is 4.79 Å². The first-order valence-electron chi connectivity index (χ1n) is 6.28. The molecule has 7 heteroatoms. The maximum atomic E-state index is 12.3. The smallest absolute Gasteiger partial charge is 0.259 e. The molecule has 0 saturated carbocycles. The number of carbonyl (C=O) groups is 1. The van der Waals surface area contributed by atoms with E-state index in [1.165, 1.54) is 17.4 Å². The number of hydrogen-bond acceptors (Lipinski definition) is 3. The summed E-state index contributed by atoms with van der Waals surface area (Å²) in [5.74, 6) is -0.361. The highest BCUT2D eigenvalue weighted by molar-refractivity contribution is 7.23. The van der Waals surface area contributed by atoms with Gasteiger partial charge >= 0.3 is 0 Å². The van der Waals surface area contributed by atoms with Gasteiger partial charge in [0.25, 0.3) is 5.91 Å². The Morgan fingerprint density at radius 2 is 1.86 bits per heavy atom. The Labute approximate surface area is 145 Å². The minimum Gasteiger partial charge on any atom is -0.298 e. The molecule has 0 bridgehead atoms. The van der Waals surface area contributed by atoms with Crippen LogP contribution in [-0.2, 0) is 0 Å². The van der Waals surface area contributed by atoms with Crippen LogP contribution in [0.15, 0.2) is 30.3 Å². The van der Waals surface area contributed by atoms with Gasteiger partial charge in [0.15, 0.2) is 5.13 Å². The van der Waals surface area contributed by atoms with Gasteiger partial charge in [0.2, 0.25) is 0 Å². The summed E-state index contributed by atoms with van der Waals surface area (Å²) in [4.78, 5) is 16.7. The van der Waals surface area contributed by atoms with Crippen LogP contribution in [0.5, 0.6) is 0 Å². The minimum atomic E-state index is -0.361. The minimum absolute atomic E-state index is 0.302. The maximum Gasteiger partial charge on any atom is 0.259 e. The first kappa shape index (κ1) is 15.6. The molecule has 3 aromatic rings. The lowest BCUT2D eigenvalue weighted by Gasteiger charge is -2.04. The lowest BCUT2D eigenvalue weighted by atomic mass is 10.2. The second-order valence-electron chi connectivity index (χ2n) is 4.64. The molecular formula is C15H9Cl3N2OS. The highest BCUT2D eigenvalue weighted by Crippen LogP contribution is 2.34. The van der Waals surface area contributed by atoms with Crippen molar-refractivity contribution in [3.63, 3.8) is 0 Å². The molecule has 1 amide bonds. The molecule has 3 rings (SSSR count). The number of benzene rings is 2. The Bertz CT molecular complexity index is 853. The molecule has 22 heavy (non-hydrogen) atoms. The Morgan fingerprint density at radius 1 is 1.14 bits per heavy atom. The fraction of sp³-hybridized carbons (Fsp3) is 0.0667. The molecule has 2 aromatic carbocycles. The van der Waals surface area contributed by atoms with Gasteiger partial charge < -0.3 is 0 Å². The van der Waals surface area contributed by atoms with Crippen molar-refractivity contribution in [2.75, 3.05) is 5.32 Å². The molecule has 0 aliphatic rings. The second-order valence-corrected chi connectivity index (χ2v) is 6.89. The monoisotopic (exact) mass is 370 g/mol. The van der Waals surface area contributed by atoms with Gasteiger partial charge in [-0.1, -0.05) is 52.2 Å². The number of amides is 1. The van der Waals surface area contributed by atoms with E-state index in [2.05, 4.69) is 10.3 Å². The molecule has 3 nitrogen and oxygen atoms in total. The van der Waals surface area contributed by atoms with E-state index in [1.54, 1.807) is 12.1 Å². The van der Waals surface area contributed by atoms with E-state index in [0.717, 1.165) is 15.8 Å². The number of fused-ring (bicyclic) bond motifs is 1. The highest BCUT2D eigenvalue weighted by Gasteiger charge is 2.15. The van der Waals surface area contributed by atoms with Gasteiger partial charge in [-0.2, -0.15) is 0 Å². The fourth-order valence-electron chi connectivity index (χ4n) is 1.99. The summed E-state index contributed by atoms with van der Waals surface area (Å²) >= 11 is 19.4. The van der Waals surface area contributed by atoms with E-state index in [4.69, 9.17) is 34.8 Å². The lowest BCUT2D eigenvalue weighted by Crippen LogP contribution is -2.12. The molecular weight excluding hydrogens is 363 g/mol. The van der Waals surface area contributed by atoms with Crippen molar-refractivity contribution in [1.82, 2.24) is 4.98 Å². The average molecular weight is 372 g/mol. The van der Waals surface area contributed by atoms with Gasteiger partial charge in [-0.3, -0.25) is 10.1 Å². The molecule has 0 radical (unpaired) electrons. The summed E-state index contributed by atoms with van der Waals surface area (Å²) in [5.41, 5.74) is 2.08. The van der Waals surface area contributed by atoms with Crippen LogP contribution in [0.1, 0.15) is 15.9 Å². The van der Waals surface area contributed by atoms with E-state index in [0.29, 0.717) is 25.8 Å². The summed E-state index contributed by atoms with van der Waals surface area (Å²) in [6.07, 6.45) is 0. The molecule has 0 atom stereocenters. The van der Waals surface area contributed by atoms with Crippen molar-refractivity contribution in [1.29, 1.82) is 0 Å². The van der Waals surface area contributed by atoms with Gasteiger partial charge in [-0.15, -0.1) is 0 Å². The van der Waals surface area contributed by atoms with E-state index in [9.17, 15) is 4.79 Å². The summed E-state index contributed by atoms with van der Waals surface area (Å²) in [6, 6.07) is 8.44. The van der Waals surface area contributed by atoms with E-state index < -0.39 is 0 Å². The summed E-state index contributed by atoms with van der Waals surface area (Å²) in [5, 5.41) is 4.59. The molecule has 0 unspecified atom stereocenters. The third-order valence-electron chi connectivity index (χ3n) is 3.09. The van der Waals surface area contributed by atoms with Crippen LogP contribution in [-0.4, -0.2) is 10.9 Å². The van der Waals surface area contributed by atoms with Crippen molar-refractivity contribution in [2.45, 2.75) is 6.92 Å². The molecule has 0 fully saturated rings. The van der Waals surface area contributed by atoms with Crippen molar-refractivity contribution in [3.8, 4) is 0 Å². The van der Waals surface area contributed by atoms with Crippen LogP contribution in [0.4, 0.5) is 5.13 Å². The summed E-state index contributed by atoms with van der Waals surface area (Å²) in [6.45, 7) is 1.94. The number of nitrogens with zero attached hydrogens (tertiary/aromatic N) is 1. The topological polar surface area (TPSA) is 42.0 Å². The third-order valence-corrected chi connectivity index (χ3v) is 5.09. The van der Waals surface area contributed by atoms with Gasteiger partial charge in [0.1, 0.15) is 0 Å². The average Bonchev–Trinajstić information content (AvgIpc) is 2.90. The maximum absolute atomic E-state index is 12.3. The fourth-order valence-corrected chi connectivity index (χ4v) is 3.58. The van der Waals surface area contributed by atoms with Crippen LogP contribution in [0, 0.1) is 6.92 Å².